The molecule has 0 saturated heterocycles. The standard InChI is InChI=1S/C25H24N2O/c28-25(16-15-21-17-26-24-14-8-7-13-22(21)24)27-18-23(19-9-3-1-4-10-19)20-11-5-2-6-12-20/h1-14,17,23,26H,15-16,18H2,(H,27,28). The Balaban J connectivity index is 1.40. The van der Waals surface area contributed by atoms with Crippen molar-refractivity contribution in [2.24, 2.45) is 0 Å². The van der Waals surface area contributed by atoms with Gasteiger partial charge >= 0.3 is 0 Å². The second-order valence-electron chi connectivity index (χ2n) is 7.04. The number of amides is 1. The second kappa shape index (κ2) is 8.57. The molecule has 0 unspecified atom stereocenters. The Bertz CT molecular complexity index is 998. The van der Waals surface area contributed by atoms with Crippen LogP contribution in [0.1, 0.15) is 29.0 Å². The number of carbonyl (C=O) groups is 1. The van der Waals surface area contributed by atoms with E-state index in [1.165, 1.54) is 22.1 Å². The van der Waals surface area contributed by atoms with Gasteiger partial charge in [0, 0.05) is 36.0 Å². The van der Waals surface area contributed by atoms with Crippen LogP contribution in [-0.2, 0) is 11.2 Å². The van der Waals surface area contributed by atoms with Crippen molar-refractivity contribution in [2.45, 2.75) is 18.8 Å². The quantitative estimate of drug-likeness (QED) is 0.471. The van der Waals surface area contributed by atoms with Crippen molar-refractivity contribution in [3.63, 3.8) is 0 Å². The smallest absolute Gasteiger partial charge is 0.220 e. The fourth-order valence-electron chi connectivity index (χ4n) is 3.69. The molecule has 2 N–H and O–H groups in total. The Labute approximate surface area is 165 Å². The molecular weight excluding hydrogens is 344 g/mol. The number of aryl methyl sites for hydroxylation is 1. The SMILES string of the molecule is O=C(CCc1c[nH]c2ccccc12)NCC(c1ccccc1)c1ccccc1. The Morgan fingerprint density at radius 3 is 2.11 bits per heavy atom. The summed E-state index contributed by atoms with van der Waals surface area (Å²) in [5.74, 6) is 0.238. The van der Waals surface area contributed by atoms with Gasteiger partial charge in [-0.05, 0) is 29.2 Å². The maximum atomic E-state index is 12.5. The molecule has 0 bridgehead atoms. The van der Waals surface area contributed by atoms with E-state index in [0.29, 0.717) is 13.0 Å². The Morgan fingerprint density at radius 1 is 0.821 bits per heavy atom. The fourth-order valence-corrected chi connectivity index (χ4v) is 3.69. The van der Waals surface area contributed by atoms with Gasteiger partial charge in [-0.1, -0.05) is 78.9 Å². The van der Waals surface area contributed by atoms with Crippen molar-refractivity contribution in [1.82, 2.24) is 10.3 Å². The van der Waals surface area contributed by atoms with E-state index in [0.717, 1.165) is 11.9 Å². The van der Waals surface area contributed by atoms with Crippen LogP contribution < -0.4 is 5.32 Å². The van der Waals surface area contributed by atoms with E-state index in [1.54, 1.807) is 0 Å². The molecule has 0 aliphatic carbocycles. The minimum Gasteiger partial charge on any atom is -0.361 e. The van der Waals surface area contributed by atoms with Gasteiger partial charge in [-0.15, -0.1) is 0 Å². The van der Waals surface area contributed by atoms with Crippen LogP contribution in [-0.4, -0.2) is 17.4 Å². The molecule has 1 amide bonds. The van der Waals surface area contributed by atoms with Crippen molar-refractivity contribution in [2.75, 3.05) is 6.54 Å². The number of fused-ring (bicyclic) bond motifs is 1. The molecule has 1 heterocycles. The molecule has 28 heavy (non-hydrogen) atoms. The molecule has 0 aliphatic rings. The van der Waals surface area contributed by atoms with Crippen LogP contribution in [0.25, 0.3) is 10.9 Å². The molecule has 0 radical (unpaired) electrons. The summed E-state index contributed by atoms with van der Waals surface area (Å²) in [4.78, 5) is 15.8. The highest BCUT2D eigenvalue weighted by molar-refractivity contribution is 5.84. The zero-order valence-corrected chi connectivity index (χ0v) is 15.8. The largest absolute Gasteiger partial charge is 0.361 e. The third-order valence-electron chi connectivity index (χ3n) is 5.20. The number of aromatic nitrogens is 1. The van der Waals surface area contributed by atoms with Crippen LogP contribution in [0.3, 0.4) is 0 Å². The van der Waals surface area contributed by atoms with E-state index >= 15 is 0 Å². The van der Waals surface area contributed by atoms with Crippen LogP contribution in [0.15, 0.2) is 91.1 Å². The maximum Gasteiger partial charge on any atom is 0.220 e. The Morgan fingerprint density at radius 2 is 1.43 bits per heavy atom. The Kier molecular flexibility index (Phi) is 5.53. The van der Waals surface area contributed by atoms with E-state index in [1.807, 2.05) is 54.7 Å². The van der Waals surface area contributed by atoms with Crippen molar-refractivity contribution in [3.05, 3.63) is 108 Å². The molecule has 0 spiro atoms. The molecule has 4 aromatic rings. The number of H-pyrrole nitrogens is 1. The fraction of sp³-hybridized carbons (Fsp3) is 0.160. The molecule has 0 fully saturated rings. The first-order valence-corrected chi connectivity index (χ1v) is 9.73. The number of hydrogen-bond donors (Lipinski definition) is 2. The lowest BCUT2D eigenvalue weighted by molar-refractivity contribution is -0.121. The lowest BCUT2D eigenvalue weighted by atomic mass is 9.91. The van der Waals surface area contributed by atoms with E-state index in [9.17, 15) is 4.79 Å². The number of benzene rings is 3. The minimum atomic E-state index is 0.0853. The van der Waals surface area contributed by atoms with E-state index in [4.69, 9.17) is 0 Å². The Hall–Kier alpha value is -3.33. The highest BCUT2D eigenvalue weighted by atomic mass is 16.1. The third kappa shape index (κ3) is 4.15. The highest BCUT2D eigenvalue weighted by Gasteiger charge is 2.15. The normalized spacial score (nSPS) is 11.0. The molecular formula is C25H24N2O. The summed E-state index contributed by atoms with van der Waals surface area (Å²) in [5.41, 5.74) is 4.73. The van der Waals surface area contributed by atoms with Crippen LogP contribution in [0.5, 0.6) is 0 Å². The van der Waals surface area contributed by atoms with Crippen molar-refractivity contribution < 1.29 is 4.79 Å². The molecule has 0 aliphatic heterocycles. The van der Waals surface area contributed by atoms with Gasteiger partial charge in [0.25, 0.3) is 0 Å². The van der Waals surface area contributed by atoms with Crippen molar-refractivity contribution in [3.8, 4) is 0 Å². The van der Waals surface area contributed by atoms with Gasteiger partial charge in [0.1, 0.15) is 0 Å². The van der Waals surface area contributed by atoms with Gasteiger partial charge in [-0.2, -0.15) is 0 Å². The predicted molar refractivity (Wildman–Crippen MR) is 114 cm³/mol. The van der Waals surface area contributed by atoms with Crippen LogP contribution in [0.2, 0.25) is 0 Å². The van der Waals surface area contributed by atoms with Crippen LogP contribution >= 0.6 is 0 Å². The number of aromatic amines is 1. The summed E-state index contributed by atoms with van der Waals surface area (Å²) in [7, 11) is 0. The highest BCUT2D eigenvalue weighted by Crippen LogP contribution is 2.24. The molecule has 0 atom stereocenters. The minimum absolute atomic E-state index is 0.0853. The number of para-hydroxylation sites is 1. The van der Waals surface area contributed by atoms with E-state index in [-0.39, 0.29) is 11.8 Å². The first kappa shape index (κ1) is 18.1. The lowest BCUT2D eigenvalue weighted by Gasteiger charge is -2.19. The van der Waals surface area contributed by atoms with Gasteiger partial charge in [-0.3, -0.25) is 4.79 Å². The predicted octanol–water partition coefficient (Wildman–Crippen LogP) is 5.05. The van der Waals surface area contributed by atoms with Gasteiger partial charge in [0.05, 0.1) is 0 Å². The molecule has 3 aromatic carbocycles. The lowest BCUT2D eigenvalue weighted by Crippen LogP contribution is -2.29. The molecule has 3 heteroatoms. The molecule has 3 nitrogen and oxygen atoms in total. The summed E-state index contributed by atoms with van der Waals surface area (Å²) < 4.78 is 0. The number of hydrogen-bond acceptors (Lipinski definition) is 1. The van der Waals surface area contributed by atoms with Gasteiger partial charge in [-0.25, -0.2) is 0 Å². The van der Waals surface area contributed by atoms with Gasteiger partial charge in [0.15, 0.2) is 0 Å². The zero-order chi connectivity index (χ0) is 19.2. The number of nitrogens with one attached hydrogen (secondary N) is 2. The first-order chi connectivity index (χ1) is 13.8. The van der Waals surface area contributed by atoms with E-state index < -0.39 is 0 Å². The second-order valence-corrected chi connectivity index (χ2v) is 7.04. The van der Waals surface area contributed by atoms with Crippen molar-refractivity contribution in [1.29, 1.82) is 0 Å². The van der Waals surface area contributed by atoms with E-state index in [2.05, 4.69) is 46.7 Å². The summed E-state index contributed by atoms with van der Waals surface area (Å²) in [6.07, 6.45) is 3.23. The summed E-state index contributed by atoms with van der Waals surface area (Å²) >= 11 is 0. The van der Waals surface area contributed by atoms with Crippen molar-refractivity contribution >= 4 is 16.8 Å². The average Bonchev–Trinajstić information content (AvgIpc) is 3.17. The molecule has 1 aromatic heterocycles. The average molecular weight is 368 g/mol. The third-order valence-corrected chi connectivity index (χ3v) is 5.20. The summed E-state index contributed by atoms with van der Waals surface area (Å²) in [6.45, 7) is 0.598. The molecule has 4 rings (SSSR count). The zero-order valence-electron chi connectivity index (χ0n) is 15.8. The number of carbonyl (C=O) groups excluding carboxylic acids is 1. The molecule has 0 saturated carbocycles. The first-order valence-electron chi connectivity index (χ1n) is 9.73. The topological polar surface area (TPSA) is 44.9 Å². The maximum absolute atomic E-state index is 12.5. The number of rotatable bonds is 7. The summed E-state index contributed by atoms with van der Waals surface area (Å²) in [6, 6.07) is 28.9. The summed E-state index contributed by atoms with van der Waals surface area (Å²) in [5, 5.41) is 4.34. The van der Waals surface area contributed by atoms with Crippen LogP contribution in [0, 0.1) is 0 Å². The monoisotopic (exact) mass is 368 g/mol. The molecule has 140 valence electrons. The van der Waals surface area contributed by atoms with Gasteiger partial charge < -0.3 is 10.3 Å². The van der Waals surface area contributed by atoms with Crippen LogP contribution in [0.4, 0.5) is 0 Å². The van der Waals surface area contributed by atoms with Gasteiger partial charge in [0.2, 0.25) is 5.91 Å².